The van der Waals surface area contributed by atoms with Crippen LogP contribution in [0, 0.1) is 12.8 Å². The van der Waals surface area contributed by atoms with E-state index in [0.29, 0.717) is 40.9 Å². The van der Waals surface area contributed by atoms with Gasteiger partial charge in [0.1, 0.15) is 6.33 Å². The summed E-state index contributed by atoms with van der Waals surface area (Å²) in [5, 5.41) is 12.9. The van der Waals surface area contributed by atoms with Crippen molar-refractivity contribution in [2.75, 3.05) is 22.5 Å². The third kappa shape index (κ3) is 5.29. The summed E-state index contributed by atoms with van der Waals surface area (Å²) in [6.07, 6.45) is 4.37. The van der Waals surface area contributed by atoms with E-state index in [2.05, 4.69) is 44.9 Å². The Labute approximate surface area is 196 Å². The zero-order valence-corrected chi connectivity index (χ0v) is 19.1. The number of rotatable bonds is 7. The molecule has 3 N–H and O–H groups in total. The molecule has 2 aromatic heterocycles. The second-order valence-electron chi connectivity index (χ2n) is 8.18. The molecule has 0 radical (unpaired) electrons. The van der Waals surface area contributed by atoms with Crippen molar-refractivity contribution in [2.24, 2.45) is 5.92 Å². The van der Waals surface area contributed by atoms with Gasteiger partial charge >= 0.3 is 11.8 Å². The van der Waals surface area contributed by atoms with E-state index in [4.69, 9.17) is 4.52 Å². The zero-order chi connectivity index (χ0) is 24.1. The summed E-state index contributed by atoms with van der Waals surface area (Å²) < 4.78 is 6.36. The van der Waals surface area contributed by atoms with Crippen LogP contribution in [0.2, 0.25) is 0 Å². The first-order chi connectivity index (χ1) is 16.4. The Hall–Kier alpha value is -4.47. The van der Waals surface area contributed by atoms with E-state index in [9.17, 15) is 9.59 Å². The van der Waals surface area contributed by atoms with E-state index < -0.39 is 11.8 Å². The SMILES string of the molecule is Cc1ccc(-n2c(-c3ccc(NCC(C)C)c(NC(=O)Nc4cncnc4)c3)noc2=O)cc1. The standard InChI is InChI=1S/C24H25N7O3/c1-15(2)11-27-20-9-6-17(10-21(20)29-23(32)28-18-12-25-14-26-13-18)22-30-34-24(33)31(22)19-7-4-16(3)5-8-19/h4-10,12-15,27H,11H2,1-3H3,(H2,28,29,32). The molecule has 0 spiro atoms. The minimum absolute atomic E-state index is 0.323. The van der Waals surface area contributed by atoms with Gasteiger partial charge in [-0.3, -0.25) is 4.52 Å². The highest BCUT2D eigenvalue weighted by Gasteiger charge is 2.17. The number of amides is 2. The average molecular weight is 460 g/mol. The van der Waals surface area contributed by atoms with Crippen LogP contribution in [-0.2, 0) is 0 Å². The Bertz CT molecular complexity index is 1330. The van der Waals surface area contributed by atoms with Gasteiger partial charge in [-0.1, -0.05) is 36.7 Å². The number of hydrogen-bond donors (Lipinski definition) is 3. The van der Waals surface area contributed by atoms with Crippen LogP contribution in [0.5, 0.6) is 0 Å². The Morgan fingerprint density at radius 2 is 1.76 bits per heavy atom. The van der Waals surface area contributed by atoms with Crippen molar-refractivity contribution in [3.05, 3.63) is 77.3 Å². The molecule has 0 aliphatic heterocycles. The highest BCUT2D eigenvalue weighted by molar-refractivity contribution is 6.02. The Morgan fingerprint density at radius 1 is 1.03 bits per heavy atom. The largest absolute Gasteiger partial charge is 0.446 e. The first-order valence-electron chi connectivity index (χ1n) is 10.8. The lowest BCUT2D eigenvalue weighted by Gasteiger charge is -2.16. The summed E-state index contributed by atoms with van der Waals surface area (Å²) >= 11 is 0. The van der Waals surface area contributed by atoms with Crippen LogP contribution in [0.4, 0.5) is 21.9 Å². The third-order valence-corrected chi connectivity index (χ3v) is 4.94. The molecule has 0 saturated carbocycles. The van der Waals surface area contributed by atoms with Gasteiger partial charge in [0.25, 0.3) is 0 Å². The highest BCUT2D eigenvalue weighted by atomic mass is 16.5. The number of carbonyl (C=O) groups is 1. The fourth-order valence-electron chi connectivity index (χ4n) is 3.26. The van der Waals surface area contributed by atoms with Crippen molar-refractivity contribution in [1.29, 1.82) is 0 Å². The van der Waals surface area contributed by atoms with Gasteiger partial charge in [-0.05, 0) is 43.2 Å². The van der Waals surface area contributed by atoms with Crippen LogP contribution >= 0.6 is 0 Å². The van der Waals surface area contributed by atoms with E-state index >= 15 is 0 Å². The molecule has 2 heterocycles. The lowest BCUT2D eigenvalue weighted by atomic mass is 10.1. The second kappa shape index (κ2) is 9.99. The van der Waals surface area contributed by atoms with E-state index in [1.807, 2.05) is 43.3 Å². The Kier molecular flexibility index (Phi) is 6.67. The van der Waals surface area contributed by atoms with Gasteiger partial charge in [-0.2, -0.15) is 0 Å². The number of nitrogens with zero attached hydrogens (tertiary/aromatic N) is 4. The zero-order valence-electron chi connectivity index (χ0n) is 19.1. The van der Waals surface area contributed by atoms with Crippen molar-refractivity contribution in [2.45, 2.75) is 20.8 Å². The molecule has 4 aromatic rings. The number of anilines is 3. The van der Waals surface area contributed by atoms with Gasteiger partial charge in [0.2, 0.25) is 0 Å². The molecule has 10 nitrogen and oxygen atoms in total. The molecule has 0 aliphatic carbocycles. The summed E-state index contributed by atoms with van der Waals surface area (Å²) in [5.74, 6) is 0.117. The topological polar surface area (TPSA) is 127 Å². The monoisotopic (exact) mass is 459 g/mol. The number of nitrogens with one attached hydrogen (secondary N) is 3. The van der Waals surface area contributed by atoms with Crippen LogP contribution in [0.1, 0.15) is 19.4 Å². The maximum Gasteiger partial charge on any atom is 0.446 e. The maximum atomic E-state index is 12.6. The number of aromatic nitrogens is 4. The second-order valence-corrected chi connectivity index (χ2v) is 8.18. The fraction of sp³-hybridized carbons (Fsp3) is 0.208. The predicted octanol–water partition coefficient (Wildman–Crippen LogP) is 4.30. The van der Waals surface area contributed by atoms with Gasteiger partial charge in [0, 0.05) is 12.1 Å². The minimum atomic E-state index is -0.600. The van der Waals surface area contributed by atoms with Crippen LogP contribution in [0.3, 0.4) is 0 Å². The Balaban J connectivity index is 1.69. The van der Waals surface area contributed by atoms with Gasteiger partial charge in [-0.15, -0.1) is 0 Å². The molecule has 0 bridgehead atoms. The van der Waals surface area contributed by atoms with Crippen molar-refractivity contribution in [1.82, 2.24) is 19.7 Å². The first kappa shape index (κ1) is 22.7. The predicted molar refractivity (Wildman–Crippen MR) is 130 cm³/mol. The summed E-state index contributed by atoms with van der Waals surface area (Å²) in [7, 11) is 0. The molecule has 2 aromatic carbocycles. The molecular formula is C24H25N7O3. The molecule has 0 saturated heterocycles. The molecule has 34 heavy (non-hydrogen) atoms. The summed E-state index contributed by atoms with van der Waals surface area (Å²) in [4.78, 5) is 32.9. The van der Waals surface area contributed by atoms with Gasteiger partial charge in [0.05, 0.1) is 35.1 Å². The highest BCUT2D eigenvalue weighted by Crippen LogP contribution is 2.29. The number of carbonyl (C=O) groups excluding carboxylic acids is 1. The molecule has 174 valence electrons. The molecule has 4 rings (SSSR count). The smallest absolute Gasteiger partial charge is 0.383 e. The fourth-order valence-corrected chi connectivity index (χ4v) is 3.26. The lowest BCUT2D eigenvalue weighted by molar-refractivity contribution is 0.262. The number of benzene rings is 2. The maximum absolute atomic E-state index is 12.6. The van der Waals surface area contributed by atoms with E-state index in [0.717, 1.165) is 11.3 Å². The molecule has 0 unspecified atom stereocenters. The van der Waals surface area contributed by atoms with E-state index in [-0.39, 0.29) is 0 Å². The van der Waals surface area contributed by atoms with Crippen molar-refractivity contribution in [3.8, 4) is 17.1 Å². The minimum Gasteiger partial charge on any atom is -0.383 e. The lowest BCUT2D eigenvalue weighted by Crippen LogP contribution is -2.21. The van der Waals surface area contributed by atoms with Gasteiger partial charge in [0.15, 0.2) is 5.82 Å². The summed E-state index contributed by atoms with van der Waals surface area (Å²) in [5.41, 5.74) is 3.99. The van der Waals surface area contributed by atoms with E-state index in [1.165, 1.54) is 23.3 Å². The molecule has 2 amide bonds. The molecule has 0 fully saturated rings. The molecular weight excluding hydrogens is 434 g/mol. The van der Waals surface area contributed by atoms with Crippen molar-refractivity contribution in [3.63, 3.8) is 0 Å². The van der Waals surface area contributed by atoms with Gasteiger partial charge < -0.3 is 16.0 Å². The third-order valence-electron chi connectivity index (χ3n) is 4.94. The van der Waals surface area contributed by atoms with Crippen LogP contribution in [0.25, 0.3) is 17.1 Å². The van der Waals surface area contributed by atoms with E-state index in [1.54, 1.807) is 6.07 Å². The molecule has 10 heteroatoms. The van der Waals surface area contributed by atoms with Crippen LogP contribution in [0.15, 0.2) is 70.5 Å². The van der Waals surface area contributed by atoms with Crippen LogP contribution < -0.4 is 21.7 Å². The van der Waals surface area contributed by atoms with Crippen molar-refractivity contribution < 1.29 is 9.32 Å². The van der Waals surface area contributed by atoms with Crippen LogP contribution in [-0.4, -0.2) is 32.3 Å². The normalized spacial score (nSPS) is 10.8. The Morgan fingerprint density at radius 3 is 2.47 bits per heavy atom. The number of aryl methyl sites for hydroxylation is 1. The van der Waals surface area contributed by atoms with Crippen molar-refractivity contribution >= 4 is 23.1 Å². The number of urea groups is 1. The average Bonchev–Trinajstić information content (AvgIpc) is 3.20. The first-order valence-corrected chi connectivity index (χ1v) is 10.8. The number of hydrogen-bond acceptors (Lipinski definition) is 7. The molecule has 0 atom stereocenters. The van der Waals surface area contributed by atoms with Gasteiger partial charge in [-0.25, -0.2) is 24.1 Å². The summed E-state index contributed by atoms with van der Waals surface area (Å²) in [6.45, 7) is 6.85. The quantitative estimate of drug-likeness (QED) is 0.376. The summed E-state index contributed by atoms with van der Waals surface area (Å²) in [6, 6.07) is 12.4. The molecule has 0 aliphatic rings.